The highest BCUT2D eigenvalue weighted by Gasteiger charge is 2.79. The molecule has 3 saturated heterocycles. The Labute approximate surface area is 299 Å². The molecule has 2 unspecified atom stereocenters. The standard InChI is InChI=1S/C41H47N3O7/c1-6-25-42(29-17-21-32(22-18-29)50-9-4)37(46)34-35-38(47)44(33(27-45)28-13-11-10-12-14-28)36(41(35)24-23-40(34,8-3)51-41)39(48)43(26-7-2)30-15-19-31(49-5)20-16-30/h6-7,10-22,33-36,45H,1-2,8-9,23-27H2,3-5H3/t33-,34+,35+,36?,40-,41?/m1/s1. The Kier molecular flexibility index (Phi) is 10.4. The number of anilines is 2. The van der Waals surface area contributed by atoms with Crippen LogP contribution in [-0.4, -0.2) is 78.4 Å². The molecule has 3 aromatic carbocycles. The zero-order valence-corrected chi connectivity index (χ0v) is 29.6. The molecule has 2 bridgehead atoms. The largest absolute Gasteiger partial charge is 0.497 e. The van der Waals surface area contributed by atoms with Crippen molar-refractivity contribution < 1.29 is 33.7 Å². The third-order valence-electron chi connectivity index (χ3n) is 10.8. The van der Waals surface area contributed by atoms with Gasteiger partial charge in [-0.05, 0) is 80.3 Å². The van der Waals surface area contributed by atoms with Crippen molar-refractivity contribution in [1.82, 2.24) is 4.90 Å². The van der Waals surface area contributed by atoms with Crippen molar-refractivity contribution in [3.8, 4) is 11.5 Å². The number of methoxy groups -OCH3 is 1. The first-order valence-electron chi connectivity index (χ1n) is 17.6. The summed E-state index contributed by atoms with van der Waals surface area (Å²) in [5, 5.41) is 11.0. The van der Waals surface area contributed by atoms with E-state index >= 15 is 14.4 Å². The Hall–Kier alpha value is -4.93. The van der Waals surface area contributed by atoms with Gasteiger partial charge in [-0.3, -0.25) is 14.4 Å². The van der Waals surface area contributed by atoms with Gasteiger partial charge in [-0.15, -0.1) is 13.2 Å². The fourth-order valence-electron chi connectivity index (χ4n) is 8.55. The number of hydrogen-bond donors (Lipinski definition) is 1. The minimum atomic E-state index is -1.32. The molecular weight excluding hydrogens is 646 g/mol. The average Bonchev–Trinajstić information content (AvgIpc) is 3.77. The maximum atomic E-state index is 15.2. The normalized spacial score (nSPS) is 25.2. The van der Waals surface area contributed by atoms with E-state index in [1.165, 1.54) is 4.90 Å². The first-order valence-corrected chi connectivity index (χ1v) is 17.6. The van der Waals surface area contributed by atoms with Crippen LogP contribution in [0, 0.1) is 11.8 Å². The Balaban J connectivity index is 1.49. The molecule has 3 aliphatic heterocycles. The maximum Gasteiger partial charge on any atom is 0.253 e. The highest BCUT2D eigenvalue weighted by Crippen LogP contribution is 2.65. The molecule has 3 heterocycles. The average molecular weight is 694 g/mol. The number of nitrogens with zero attached hydrogens (tertiary/aromatic N) is 3. The summed E-state index contributed by atoms with van der Waals surface area (Å²) in [7, 11) is 1.57. The number of aliphatic hydroxyl groups excluding tert-OH is 1. The van der Waals surface area contributed by atoms with Gasteiger partial charge in [-0.2, -0.15) is 0 Å². The molecular formula is C41H47N3O7. The number of aliphatic hydroxyl groups is 1. The van der Waals surface area contributed by atoms with Crippen LogP contribution >= 0.6 is 0 Å². The molecule has 3 aliphatic rings. The van der Waals surface area contributed by atoms with Crippen LogP contribution in [0.15, 0.2) is 104 Å². The summed E-state index contributed by atoms with van der Waals surface area (Å²) in [5.74, 6) is -1.58. The molecule has 6 atom stereocenters. The molecule has 0 saturated carbocycles. The lowest BCUT2D eigenvalue weighted by molar-refractivity contribution is -0.149. The predicted molar refractivity (Wildman–Crippen MR) is 196 cm³/mol. The Morgan fingerprint density at radius 2 is 1.51 bits per heavy atom. The molecule has 0 aliphatic carbocycles. The van der Waals surface area contributed by atoms with Crippen LogP contribution in [0.4, 0.5) is 11.4 Å². The van der Waals surface area contributed by atoms with Crippen molar-refractivity contribution in [2.24, 2.45) is 11.8 Å². The molecule has 3 fully saturated rings. The smallest absolute Gasteiger partial charge is 0.253 e. The van der Waals surface area contributed by atoms with Gasteiger partial charge >= 0.3 is 0 Å². The zero-order chi connectivity index (χ0) is 36.3. The van der Waals surface area contributed by atoms with Crippen LogP contribution in [0.5, 0.6) is 11.5 Å². The predicted octanol–water partition coefficient (Wildman–Crippen LogP) is 5.72. The van der Waals surface area contributed by atoms with Gasteiger partial charge in [0.1, 0.15) is 23.1 Å². The van der Waals surface area contributed by atoms with Crippen molar-refractivity contribution >= 4 is 29.1 Å². The third kappa shape index (κ3) is 6.00. The minimum absolute atomic E-state index is 0.158. The first-order chi connectivity index (χ1) is 24.7. The Bertz CT molecular complexity index is 1750. The molecule has 0 aromatic heterocycles. The molecule has 1 N–H and O–H groups in total. The van der Waals surface area contributed by atoms with E-state index in [1.807, 2.05) is 68.4 Å². The summed E-state index contributed by atoms with van der Waals surface area (Å²) in [6, 6.07) is 21.6. The molecule has 1 spiro atoms. The number of amides is 3. The quantitative estimate of drug-likeness (QED) is 0.203. The van der Waals surface area contributed by atoms with Crippen LogP contribution in [0.25, 0.3) is 0 Å². The maximum absolute atomic E-state index is 15.2. The number of fused-ring (bicyclic) bond motifs is 1. The van der Waals surface area contributed by atoms with E-state index in [0.717, 1.165) is 0 Å². The van der Waals surface area contributed by atoms with Gasteiger partial charge in [-0.1, -0.05) is 49.4 Å². The summed E-state index contributed by atoms with van der Waals surface area (Å²) in [4.78, 5) is 50.1. The van der Waals surface area contributed by atoms with E-state index in [1.54, 1.807) is 53.3 Å². The summed E-state index contributed by atoms with van der Waals surface area (Å²) >= 11 is 0. The number of carbonyl (C=O) groups is 3. The summed E-state index contributed by atoms with van der Waals surface area (Å²) in [5.41, 5.74) is -0.399. The lowest BCUT2D eigenvalue weighted by atomic mass is 9.64. The lowest BCUT2D eigenvalue weighted by Gasteiger charge is -2.39. The van der Waals surface area contributed by atoms with Crippen LogP contribution in [0.3, 0.4) is 0 Å². The van der Waals surface area contributed by atoms with Crippen molar-refractivity contribution in [2.45, 2.75) is 56.4 Å². The van der Waals surface area contributed by atoms with Crippen LogP contribution in [0.1, 0.15) is 44.7 Å². The highest BCUT2D eigenvalue weighted by molar-refractivity contribution is 6.07. The monoisotopic (exact) mass is 693 g/mol. The van der Waals surface area contributed by atoms with Gasteiger partial charge in [-0.25, -0.2) is 0 Å². The Morgan fingerprint density at radius 3 is 2.04 bits per heavy atom. The molecule has 268 valence electrons. The van der Waals surface area contributed by atoms with Gasteiger partial charge in [0.25, 0.3) is 5.91 Å². The molecule has 6 rings (SSSR count). The summed E-state index contributed by atoms with van der Waals surface area (Å²) < 4.78 is 18.1. The number of rotatable bonds is 15. The SMILES string of the molecule is C=CCN(C(=O)C1N([C@H](CO)c2ccccc2)C(=O)[C@@H]2[C@@H](C(=O)N(CC=C)c3ccc(OCC)cc3)[C@@]3(CC)CCC12O3)c1ccc(OC)cc1. The van der Waals surface area contributed by atoms with Gasteiger partial charge in [0.05, 0.1) is 43.8 Å². The molecule has 3 aromatic rings. The van der Waals surface area contributed by atoms with E-state index in [-0.39, 0.29) is 30.8 Å². The van der Waals surface area contributed by atoms with E-state index in [4.69, 9.17) is 14.2 Å². The fourth-order valence-corrected chi connectivity index (χ4v) is 8.55. The highest BCUT2D eigenvalue weighted by atomic mass is 16.5. The van der Waals surface area contributed by atoms with Crippen LogP contribution in [-0.2, 0) is 19.1 Å². The number of likely N-dealkylation sites (tertiary alicyclic amines) is 1. The van der Waals surface area contributed by atoms with Gasteiger partial charge in [0.15, 0.2) is 0 Å². The number of benzene rings is 3. The summed E-state index contributed by atoms with van der Waals surface area (Å²) in [6.45, 7) is 12.2. The number of ether oxygens (including phenoxy) is 3. The number of carbonyl (C=O) groups excluding carboxylic acids is 3. The molecule has 51 heavy (non-hydrogen) atoms. The number of hydrogen-bond acceptors (Lipinski definition) is 7. The third-order valence-corrected chi connectivity index (χ3v) is 10.8. The van der Waals surface area contributed by atoms with Crippen molar-refractivity contribution in [3.63, 3.8) is 0 Å². The molecule has 3 amide bonds. The van der Waals surface area contributed by atoms with Gasteiger partial charge < -0.3 is 34.0 Å². The van der Waals surface area contributed by atoms with E-state index in [9.17, 15) is 5.11 Å². The van der Waals surface area contributed by atoms with E-state index < -0.39 is 41.7 Å². The Morgan fingerprint density at radius 1 is 0.922 bits per heavy atom. The first kappa shape index (κ1) is 35.9. The molecule has 10 nitrogen and oxygen atoms in total. The van der Waals surface area contributed by atoms with Crippen LogP contribution < -0.4 is 19.3 Å². The lowest BCUT2D eigenvalue weighted by Crippen LogP contribution is -2.57. The topological polar surface area (TPSA) is 109 Å². The van der Waals surface area contributed by atoms with Gasteiger partial charge in [0.2, 0.25) is 11.8 Å². The second-order valence-corrected chi connectivity index (χ2v) is 13.3. The second kappa shape index (κ2) is 14.7. The van der Waals surface area contributed by atoms with Gasteiger partial charge in [0, 0.05) is 24.5 Å². The van der Waals surface area contributed by atoms with E-state index in [2.05, 4.69) is 13.2 Å². The molecule has 10 heteroatoms. The summed E-state index contributed by atoms with van der Waals surface area (Å²) in [6.07, 6.45) is 4.65. The van der Waals surface area contributed by atoms with Crippen molar-refractivity contribution in [2.75, 3.05) is 43.2 Å². The minimum Gasteiger partial charge on any atom is -0.497 e. The second-order valence-electron chi connectivity index (χ2n) is 13.3. The van der Waals surface area contributed by atoms with E-state index in [0.29, 0.717) is 54.3 Å². The zero-order valence-electron chi connectivity index (χ0n) is 29.6. The fraction of sp³-hybridized carbons (Fsp3) is 0.390. The van der Waals surface area contributed by atoms with Crippen molar-refractivity contribution in [3.05, 3.63) is 110 Å². The molecule has 0 radical (unpaired) electrons. The van der Waals surface area contributed by atoms with Crippen LogP contribution in [0.2, 0.25) is 0 Å². The van der Waals surface area contributed by atoms with Crippen molar-refractivity contribution in [1.29, 1.82) is 0 Å².